The molecule has 0 aliphatic heterocycles. The van der Waals surface area contributed by atoms with Crippen molar-refractivity contribution in [1.29, 1.82) is 0 Å². The van der Waals surface area contributed by atoms with Gasteiger partial charge in [-0.15, -0.1) is 5.10 Å². The van der Waals surface area contributed by atoms with Crippen LogP contribution in [0.25, 0.3) is 22.3 Å². The van der Waals surface area contributed by atoms with E-state index in [9.17, 15) is 4.79 Å². The van der Waals surface area contributed by atoms with Gasteiger partial charge in [-0.3, -0.25) is 4.79 Å². The summed E-state index contributed by atoms with van der Waals surface area (Å²) in [7, 11) is 0. The summed E-state index contributed by atoms with van der Waals surface area (Å²) in [6.07, 6.45) is 4.66. The molecule has 0 aliphatic rings. The summed E-state index contributed by atoms with van der Waals surface area (Å²) in [5.41, 5.74) is 7.19. The smallest absolute Gasteiger partial charge is 0.254 e. The second-order valence-electron chi connectivity index (χ2n) is 6.77. The fourth-order valence-electron chi connectivity index (χ4n) is 3.25. The number of benzene rings is 1. The normalized spacial score (nSPS) is 11.0. The minimum atomic E-state index is -0.181. The van der Waals surface area contributed by atoms with Crippen LogP contribution in [0.1, 0.15) is 32.7 Å². The van der Waals surface area contributed by atoms with Crippen LogP contribution in [0.15, 0.2) is 43.0 Å². The van der Waals surface area contributed by atoms with Gasteiger partial charge in [0.05, 0.1) is 17.0 Å². The number of aromatic amines is 1. The minimum Gasteiger partial charge on any atom is -0.353 e. The fraction of sp³-hybridized carbons (Fsp3) is 0.190. The summed E-state index contributed by atoms with van der Waals surface area (Å²) >= 11 is 0. The Morgan fingerprint density at radius 3 is 2.82 bits per heavy atom. The van der Waals surface area contributed by atoms with Crippen molar-refractivity contribution in [3.63, 3.8) is 0 Å². The van der Waals surface area contributed by atoms with Crippen LogP contribution in [0.4, 0.5) is 0 Å². The van der Waals surface area contributed by atoms with Gasteiger partial charge in [0, 0.05) is 29.8 Å². The van der Waals surface area contributed by atoms with Gasteiger partial charge in [0.1, 0.15) is 12.0 Å². The zero-order chi connectivity index (χ0) is 19.7. The molecule has 3 heterocycles. The van der Waals surface area contributed by atoms with Crippen LogP contribution in [0.3, 0.4) is 0 Å². The highest BCUT2D eigenvalue weighted by Gasteiger charge is 2.14. The number of aromatic nitrogens is 5. The monoisotopic (exact) mass is 372 g/mol. The van der Waals surface area contributed by atoms with Gasteiger partial charge in [-0.2, -0.15) is 5.10 Å². The molecule has 7 heteroatoms. The lowest BCUT2D eigenvalue weighted by molar-refractivity contribution is 0.0949. The molecule has 4 rings (SSSR count). The highest BCUT2D eigenvalue weighted by atomic mass is 16.1. The number of H-pyrrole nitrogens is 1. The van der Waals surface area contributed by atoms with E-state index in [1.54, 1.807) is 13.1 Å². The molecule has 28 heavy (non-hydrogen) atoms. The predicted octanol–water partition coefficient (Wildman–Crippen LogP) is 3.27. The molecule has 0 saturated carbocycles. The summed E-state index contributed by atoms with van der Waals surface area (Å²) in [6.45, 7) is 6.30. The number of nitrogens with one attached hydrogen (secondary N) is 2. The number of carbonyl (C=O) groups is 1. The molecule has 0 aliphatic carbocycles. The molecular weight excluding hydrogens is 352 g/mol. The second kappa shape index (κ2) is 7.19. The van der Waals surface area contributed by atoms with E-state index >= 15 is 0 Å². The van der Waals surface area contributed by atoms with E-state index in [0.717, 1.165) is 39.0 Å². The van der Waals surface area contributed by atoms with Crippen molar-refractivity contribution >= 4 is 16.8 Å². The van der Waals surface area contributed by atoms with Crippen molar-refractivity contribution in [2.24, 2.45) is 0 Å². The lowest BCUT2D eigenvalue weighted by Gasteiger charge is -2.07. The third-order valence-corrected chi connectivity index (χ3v) is 4.89. The molecule has 140 valence electrons. The van der Waals surface area contributed by atoms with Crippen molar-refractivity contribution in [2.75, 3.05) is 0 Å². The molecule has 0 saturated heterocycles. The first-order valence-corrected chi connectivity index (χ1v) is 8.99. The molecular formula is C21H20N6O. The van der Waals surface area contributed by atoms with E-state index in [1.165, 1.54) is 12.5 Å². The first-order valence-electron chi connectivity index (χ1n) is 8.99. The molecule has 4 aromatic rings. The molecule has 0 spiro atoms. The number of fused-ring (bicyclic) bond motifs is 1. The average molecular weight is 372 g/mol. The Bertz CT molecular complexity index is 1180. The number of hydrogen-bond acceptors (Lipinski definition) is 5. The van der Waals surface area contributed by atoms with Crippen LogP contribution >= 0.6 is 0 Å². The Morgan fingerprint density at radius 1 is 1.18 bits per heavy atom. The quantitative estimate of drug-likeness (QED) is 0.573. The standard InChI is InChI=1S/C21H20N6O/c1-12-6-7-25-27-19(12)20-13(2)16-8-15(4-5-18(16)26-20)9-23-21(28)17-10-22-11-24-14(17)3/h4-8,10-11,26H,9H2,1-3H3,(H,23,28). The molecule has 0 unspecified atom stereocenters. The fourth-order valence-corrected chi connectivity index (χ4v) is 3.25. The van der Waals surface area contributed by atoms with E-state index in [2.05, 4.69) is 43.5 Å². The lowest BCUT2D eigenvalue weighted by Crippen LogP contribution is -2.24. The van der Waals surface area contributed by atoms with E-state index in [-0.39, 0.29) is 5.91 Å². The summed E-state index contributed by atoms with van der Waals surface area (Å²) in [4.78, 5) is 23.8. The maximum atomic E-state index is 12.4. The van der Waals surface area contributed by atoms with Crippen molar-refractivity contribution in [3.8, 4) is 11.4 Å². The number of aryl methyl sites for hydroxylation is 3. The predicted molar refractivity (Wildman–Crippen MR) is 107 cm³/mol. The molecule has 1 aromatic carbocycles. The van der Waals surface area contributed by atoms with Crippen LogP contribution in [0.2, 0.25) is 0 Å². The van der Waals surface area contributed by atoms with Crippen molar-refractivity contribution < 1.29 is 4.79 Å². The minimum absolute atomic E-state index is 0.181. The largest absolute Gasteiger partial charge is 0.353 e. The number of amides is 1. The first kappa shape index (κ1) is 17.8. The van der Waals surface area contributed by atoms with Gasteiger partial charge in [-0.05, 0) is 55.7 Å². The maximum Gasteiger partial charge on any atom is 0.254 e. The van der Waals surface area contributed by atoms with Gasteiger partial charge in [-0.25, -0.2) is 9.97 Å². The van der Waals surface area contributed by atoms with E-state index in [4.69, 9.17) is 0 Å². The zero-order valence-electron chi connectivity index (χ0n) is 15.9. The molecule has 0 bridgehead atoms. The van der Waals surface area contributed by atoms with Gasteiger partial charge >= 0.3 is 0 Å². The SMILES string of the molecule is Cc1ccnnc1-c1[nH]c2ccc(CNC(=O)c3cncnc3C)cc2c1C. The van der Waals surface area contributed by atoms with Gasteiger partial charge in [-0.1, -0.05) is 6.07 Å². The third kappa shape index (κ3) is 3.22. The Hall–Kier alpha value is -3.61. The average Bonchev–Trinajstić information content (AvgIpc) is 3.03. The van der Waals surface area contributed by atoms with Gasteiger partial charge in [0.25, 0.3) is 5.91 Å². The van der Waals surface area contributed by atoms with E-state index < -0.39 is 0 Å². The molecule has 2 N–H and O–H groups in total. The van der Waals surface area contributed by atoms with Crippen molar-refractivity contribution in [3.05, 3.63) is 70.9 Å². The van der Waals surface area contributed by atoms with Crippen molar-refractivity contribution in [1.82, 2.24) is 30.5 Å². The summed E-state index contributed by atoms with van der Waals surface area (Å²) < 4.78 is 0. The zero-order valence-corrected chi connectivity index (χ0v) is 15.9. The van der Waals surface area contributed by atoms with Crippen LogP contribution < -0.4 is 5.32 Å². The van der Waals surface area contributed by atoms with Gasteiger partial charge in [0.2, 0.25) is 0 Å². The van der Waals surface area contributed by atoms with Crippen LogP contribution in [0.5, 0.6) is 0 Å². The Morgan fingerprint density at radius 2 is 2.04 bits per heavy atom. The van der Waals surface area contributed by atoms with Gasteiger partial charge in [0.15, 0.2) is 0 Å². The van der Waals surface area contributed by atoms with E-state index in [1.807, 2.05) is 25.1 Å². The molecule has 0 fully saturated rings. The Balaban J connectivity index is 1.60. The summed E-state index contributed by atoms with van der Waals surface area (Å²) in [5.74, 6) is -0.181. The highest BCUT2D eigenvalue weighted by Crippen LogP contribution is 2.30. The van der Waals surface area contributed by atoms with Crippen LogP contribution in [0, 0.1) is 20.8 Å². The second-order valence-corrected chi connectivity index (χ2v) is 6.77. The van der Waals surface area contributed by atoms with Crippen molar-refractivity contribution in [2.45, 2.75) is 27.3 Å². The topological polar surface area (TPSA) is 96.5 Å². The number of nitrogens with zero attached hydrogens (tertiary/aromatic N) is 4. The van der Waals surface area contributed by atoms with Gasteiger partial charge < -0.3 is 10.3 Å². The highest BCUT2D eigenvalue weighted by molar-refractivity contribution is 5.95. The molecule has 1 amide bonds. The van der Waals surface area contributed by atoms with E-state index in [0.29, 0.717) is 17.8 Å². The molecule has 0 radical (unpaired) electrons. The summed E-state index contributed by atoms with van der Waals surface area (Å²) in [5, 5.41) is 12.3. The maximum absolute atomic E-state index is 12.4. The Kier molecular flexibility index (Phi) is 4.57. The molecule has 0 atom stereocenters. The molecule has 3 aromatic heterocycles. The first-order chi connectivity index (χ1) is 13.5. The number of rotatable bonds is 4. The van der Waals surface area contributed by atoms with Crippen LogP contribution in [-0.2, 0) is 6.54 Å². The van der Waals surface area contributed by atoms with Crippen LogP contribution in [-0.4, -0.2) is 31.1 Å². The summed E-state index contributed by atoms with van der Waals surface area (Å²) in [6, 6.07) is 8.06. The lowest BCUT2D eigenvalue weighted by atomic mass is 10.1. The Labute approximate surface area is 162 Å². The third-order valence-electron chi connectivity index (χ3n) is 4.89. The number of hydrogen-bond donors (Lipinski definition) is 2. The molecule has 7 nitrogen and oxygen atoms in total. The number of carbonyl (C=O) groups excluding carboxylic acids is 1.